The summed E-state index contributed by atoms with van der Waals surface area (Å²) >= 11 is 13.4. The van der Waals surface area contributed by atoms with Crippen LogP contribution in [0.5, 0.6) is 0 Å². The fraction of sp³-hybridized carbons (Fsp3) is 0.974. The lowest BCUT2D eigenvalue weighted by Gasteiger charge is -2.51. The summed E-state index contributed by atoms with van der Waals surface area (Å²) in [5.41, 5.74) is 0. The zero-order valence-electron chi connectivity index (χ0n) is 33.9. The van der Waals surface area contributed by atoms with E-state index in [1.807, 2.05) is 0 Å². The SMILES string of the molecule is COCCOCCOCCOCCOCCOCCC(=O)NCCOCCOCCOCCNS(=O)(=O)C1CCC(C2CN(C)CC3C(Cl)CC(Cl)CC32)CC1. The standard InChI is InChI=1S/C38H71Cl2N3O12S/c1-43-29-35(34-27-32(39)28-37(40)36(34)30-43)31-3-5-33(6-4-31)56(45,46)42-9-12-50-17-20-53-19-16-49-11-8-41-38(44)7-10-48-15-18-52-23-24-55-26-25-54-22-21-51-14-13-47-2/h31-37,42H,3-30H2,1-2H3,(H,41,44). The van der Waals surface area contributed by atoms with Crippen LogP contribution in [0.3, 0.4) is 0 Å². The lowest BCUT2D eigenvalue weighted by Crippen LogP contribution is -2.53. The number of nitrogens with one attached hydrogen (secondary N) is 2. The van der Waals surface area contributed by atoms with Crippen molar-refractivity contribution in [1.29, 1.82) is 0 Å². The van der Waals surface area contributed by atoms with Gasteiger partial charge < -0.3 is 52.8 Å². The van der Waals surface area contributed by atoms with Gasteiger partial charge in [0.05, 0.1) is 118 Å². The number of carbonyl (C=O) groups is 1. The highest BCUT2D eigenvalue weighted by atomic mass is 35.5. The molecule has 3 rings (SSSR count). The van der Waals surface area contributed by atoms with Crippen molar-refractivity contribution in [3.05, 3.63) is 0 Å². The van der Waals surface area contributed by atoms with Crippen LogP contribution in [-0.2, 0) is 57.4 Å². The molecule has 1 aliphatic heterocycles. The summed E-state index contributed by atoms with van der Waals surface area (Å²) < 4.78 is 77.3. The van der Waals surface area contributed by atoms with Crippen LogP contribution in [0.1, 0.15) is 44.9 Å². The van der Waals surface area contributed by atoms with E-state index in [0.29, 0.717) is 149 Å². The quantitative estimate of drug-likeness (QED) is 0.0733. The largest absolute Gasteiger partial charge is 0.382 e. The number of hydrogen-bond acceptors (Lipinski definition) is 13. The fourth-order valence-corrected chi connectivity index (χ4v) is 10.3. The average molecular weight is 865 g/mol. The maximum absolute atomic E-state index is 13.0. The molecule has 2 saturated carbocycles. The summed E-state index contributed by atoms with van der Waals surface area (Å²) in [5, 5.41) is 2.70. The molecule has 1 heterocycles. The van der Waals surface area contributed by atoms with Crippen molar-refractivity contribution >= 4 is 39.1 Å². The highest BCUT2D eigenvalue weighted by molar-refractivity contribution is 7.90. The van der Waals surface area contributed by atoms with Gasteiger partial charge in [-0.05, 0) is 69.2 Å². The zero-order valence-corrected chi connectivity index (χ0v) is 36.2. The normalized spacial score (nSPS) is 26.0. The molecule has 2 aliphatic carbocycles. The number of sulfonamides is 1. The van der Waals surface area contributed by atoms with E-state index in [0.717, 1.165) is 38.8 Å². The van der Waals surface area contributed by atoms with Gasteiger partial charge in [0.2, 0.25) is 15.9 Å². The van der Waals surface area contributed by atoms with E-state index >= 15 is 0 Å². The van der Waals surface area contributed by atoms with Crippen LogP contribution in [-0.4, -0.2) is 188 Å². The first kappa shape index (κ1) is 49.9. The first-order chi connectivity index (χ1) is 27.2. The number of carbonyl (C=O) groups excluding carboxylic acids is 1. The molecule has 0 spiro atoms. The minimum Gasteiger partial charge on any atom is -0.382 e. The van der Waals surface area contributed by atoms with Crippen LogP contribution in [0.2, 0.25) is 0 Å². The molecule has 3 fully saturated rings. The number of rotatable bonds is 33. The first-order valence-electron chi connectivity index (χ1n) is 20.5. The molecule has 15 nitrogen and oxygen atoms in total. The Morgan fingerprint density at radius 1 is 0.607 bits per heavy atom. The topological polar surface area (TPSA) is 162 Å². The van der Waals surface area contributed by atoms with Gasteiger partial charge in [-0.25, -0.2) is 13.1 Å². The molecule has 330 valence electrons. The van der Waals surface area contributed by atoms with E-state index in [1.165, 1.54) is 0 Å². The van der Waals surface area contributed by atoms with Gasteiger partial charge in [-0.15, -0.1) is 23.2 Å². The zero-order chi connectivity index (χ0) is 40.3. The Kier molecular flexibility index (Phi) is 27.2. The van der Waals surface area contributed by atoms with Crippen molar-refractivity contribution in [3.8, 4) is 0 Å². The Morgan fingerprint density at radius 3 is 1.61 bits per heavy atom. The molecule has 18 heteroatoms. The number of nitrogens with zero attached hydrogens (tertiary/aromatic N) is 1. The second kappa shape index (κ2) is 30.6. The number of alkyl halides is 2. The van der Waals surface area contributed by atoms with Gasteiger partial charge >= 0.3 is 0 Å². The second-order valence-electron chi connectivity index (χ2n) is 14.8. The van der Waals surface area contributed by atoms with E-state index in [4.69, 9.17) is 65.8 Å². The molecule has 0 radical (unpaired) electrons. The summed E-state index contributed by atoms with van der Waals surface area (Å²) in [6.45, 7) is 10.2. The fourth-order valence-electron chi connectivity index (χ4n) is 7.81. The van der Waals surface area contributed by atoms with E-state index in [-0.39, 0.29) is 41.5 Å². The first-order valence-corrected chi connectivity index (χ1v) is 23.0. The van der Waals surface area contributed by atoms with Crippen LogP contribution in [0, 0.1) is 23.7 Å². The van der Waals surface area contributed by atoms with Crippen molar-refractivity contribution in [2.45, 2.75) is 60.9 Å². The summed E-state index contributed by atoms with van der Waals surface area (Å²) in [6, 6.07) is 0. The Labute approximate surface area is 346 Å². The number of piperidine rings is 1. The summed E-state index contributed by atoms with van der Waals surface area (Å²) in [4.78, 5) is 14.4. The van der Waals surface area contributed by atoms with Crippen molar-refractivity contribution in [2.75, 3.05) is 153 Å². The van der Waals surface area contributed by atoms with Crippen LogP contribution in [0.15, 0.2) is 0 Å². The number of methoxy groups -OCH3 is 1. The maximum Gasteiger partial charge on any atom is 0.222 e. The number of halogens is 2. The van der Waals surface area contributed by atoms with Gasteiger partial charge in [0.15, 0.2) is 0 Å². The van der Waals surface area contributed by atoms with Gasteiger partial charge in [0, 0.05) is 50.5 Å². The van der Waals surface area contributed by atoms with Gasteiger partial charge in [-0.1, -0.05) is 0 Å². The number of fused-ring (bicyclic) bond motifs is 1. The van der Waals surface area contributed by atoms with E-state index in [2.05, 4.69) is 22.0 Å². The number of hydrogen-bond donors (Lipinski definition) is 2. The Morgan fingerprint density at radius 2 is 1.07 bits per heavy atom. The lowest BCUT2D eigenvalue weighted by molar-refractivity contribution is -0.122. The Balaban J connectivity index is 1.04. The van der Waals surface area contributed by atoms with Gasteiger partial charge in [0.25, 0.3) is 0 Å². The smallest absolute Gasteiger partial charge is 0.222 e. The Hall–Kier alpha value is -0.440. The molecule has 0 aromatic rings. The van der Waals surface area contributed by atoms with Crippen LogP contribution < -0.4 is 10.0 Å². The molecule has 0 aromatic heterocycles. The van der Waals surface area contributed by atoms with E-state index in [1.54, 1.807) is 7.11 Å². The van der Waals surface area contributed by atoms with Gasteiger partial charge in [-0.2, -0.15) is 0 Å². The third-order valence-corrected chi connectivity index (χ3v) is 13.5. The van der Waals surface area contributed by atoms with Gasteiger partial charge in [0.1, 0.15) is 0 Å². The third kappa shape index (κ3) is 21.2. The van der Waals surface area contributed by atoms with Crippen molar-refractivity contribution in [3.63, 3.8) is 0 Å². The molecule has 56 heavy (non-hydrogen) atoms. The van der Waals surface area contributed by atoms with Crippen molar-refractivity contribution in [1.82, 2.24) is 14.9 Å². The molecule has 5 unspecified atom stereocenters. The number of ether oxygens (including phenoxy) is 9. The monoisotopic (exact) mass is 863 g/mol. The highest BCUT2D eigenvalue weighted by Gasteiger charge is 2.47. The minimum absolute atomic E-state index is 0.105. The highest BCUT2D eigenvalue weighted by Crippen LogP contribution is 2.48. The van der Waals surface area contributed by atoms with Crippen LogP contribution in [0.4, 0.5) is 0 Å². The molecule has 5 atom stereocenters. The molecular weight excluding hydrogens is 793 g/mol. The average Bonchev–Trinajstić information content (AvgIpc) is 3.18. The second-order valence-corrected chi connectivity index (χ2v) is 18.0. The molecule has 0 bridgehead atoms. The predicted octanol–water partition coefficient (Wildman–Crippen LogP) is 2.55. The molecule has 2 N–H and O–H groups in total. The predicted molar refractivity (Wildman–Crippen MR) is 215 cm³/mol. The van der Waals surface area contributed by atoms with E-state index in [9.17, 15) is 13.2 Å². The number of likely N-dealkylation sites (tertiary alicyclic amines) is 1. The molecule has 3 aliphatic rings. The van der Waals surface area contributed by atoms with Crippen LogP contribution in [0.25, 0.3) is 0 Å². The summed E-state index contributed by atoms with van der Waals surface area (Å²) in [7, 11) is 0.413. The van der Waals surface area contributed by atoms with Gasteiger partial charge in [-0.3, -0.25) is 4.79 Å². The Bertz CT molecular complexity index is 1110. The lowest BCUT2D eigenvalue weighted by atomic mass is 9.63. The van der Waals surface area contributed by atoms with E-state index < -0.39 is 10.0 Å². The summed E-state index contributed by atoms with van der Waals surface area (Å²) in [6.07, 6.45) is 5.38. The molecular formula is C38H71Cl2N3O12S. The van der Waals surface area contributed by atoms with Crippen LogP contribution >= 0.6 is 23.2 Å². The maximum atomic E-state index is 13.0. The molecule has 1 amide bonds. The third-order valence-electron chi connectivity index (χ3n) is 10.6. The minimum atomic E-state index is -3.40. The molecule has 1 saturated heterocycles. The number of amides is 1. The molecule has 0 aromatic carbocycles. The van der Waals surface area contributed by atoms with Crippen molar-refractivity contribution < 1.29 is 55.8 Å². The summed E-state index contributed by atoms with van der Waals surface area (Å²) in [5.74, 6) is 1.94. The van der Waals surface area contributed by atoms with Crippen molar-refractivity contribution in [2.24, 2.45) is 23.7 Å².